The molecule has 0 radical (unpaired) electrons. The summed E-state index contributed by atoms with van der Waals surface area (Å²) in [6.45, 7) is 1.83. The Morgan fingerprint density at radius 1 is 1.56 bits per heavy atom. The van der Waals surface area contributed by atoms with Gasteiger partial charge in [0.2, 0.25) is 0 Å². The summed E-state index contributed by atoms with van der Waals surface area (Å²) in [7, 11) is 0. The van der Waals surface area contributed by atoms with E-state index in [4.69, 9.17) is 0 Å². The van der Waals surface area contributed by atoms with Gasteiger partial charge in [-0.15, -0.1) is 0 Å². The maximum atomic E-state index is 3.98. The molecule has 0 unspecified atom stereocenters. The SMILES string of the molecule is [Cl-].[NH3+]CCn1cccn1. The maximum Gasteiger partial charge on any atom is 0.0939 e. The first-order chi connectivity index (χ1) is 3.93. The van der Waals surface area contributed by atoms with Crippen LogP contribution in [0.4, 0.5) is 0 Å². The van der Waals surface area contributed by atoms with Gasteiger partial charge in [-0.2, -0.15) is 5.10 Å². The molecule has 1 aromatic rings. The molecule has 4 heteroatoms. The van der Waals surface area contributed by atoms with Crippen molar-refractivity contribution in [1.29, 1.82) is 0 Å². The fourth-order valence-corrected chi connectivity index (χ4v) is 0.595. The molecule has 0 aliphatic heterocycles. The Kier molecular flexibility index (Phi) is 4.09. The highest BCUT2D eigenvalue weighted by Crippen LogP contribution is 1.79. The second kappa shape index (κ2) is 4.35. The molecule has 0 aromatic carbocycles. The number of aromatic nitrogens is 2. The second-order valence-corrected chi connectivity index (χ2v) is 1.62. The number of rotatable bonds is 2. The van der Waals surface area contributed by atoms with Crippen LogP contribution in [0.1, 0.15) is 0 Å². The molecule has 1 aromatic heterocycles. The summed E-state index contributed by atoms with van der Waals surface area (Å²) in [5.41, 5.74) is 3.70. The number of halogens is 1. The number of hydrogen-bond donors (Lipinski definition) is 1. The maximum absolute atomic E-state index is 3.98. The zero-order valence-corrected chi connectivity index (χ0v) is 5.88. The minimum atomic E-state index is 0. The average molecular weight is 148 g/mol. The molecule has 0 aliphatic carbocycles. The summed E-state index contributed by atoms with van der Waals surface area (Å²) < 4.78 is 1.87. The first kappa shape index (κ1) is 8.46. The van der Waals surface area contributed by atoms with Gasteiger partial charge in [-0.25, -0.2) is 0 Å². The molecule has 0 amide bonds. The number of nitrogens with zero attached hydrogens (tertiary/aromatic N) is 2. The van der Waals surface area contributed by atoms with Gasteiger partial charge in [-0.1, -0.05) is 0 Å². The molecular weight excluding hydrogens is 138 g/mol. The van der Waals surface area contributed by atoms with Crippen molar-refractivity contribution in [2.45, 2.75) is 6.54 Å². The Morgan fingerprint density at radius 2 is 2.33 bits per heavy atom. The van der Waals surface area contributed by atoms with Crippen LogP contribution in [0.25, 0.3) is 0 Å². The Bertz CT molecular complexity index is 138. The van der Waals surface area contributed by atoms with Crippen molar-refractivity contribution in [1.82, 2.24) is 9.78 Å². The topological polar surface area (TPSA) is 45.5 Å². The van der Waals surface area contributed by atoms with Crippen LogP contribution in [0.2, 0.25) is 0 Å². The molecule has 52 valence electrons. The molecule has 0 aliphatic rings. The van der Waals surface area contributed by atoms with Crippen molar-refractivity contribution in [3.8, 4) is 0 Å². The van der Waals surface area contributed by atoms with Crippen molar-refractivity contribution >= 4 is 0 Å². The minimum Gasteiger partial charge on any atom is -1.00 e. The van der Waals surface area contributed by atoms with E-state index in [9.17, 15) is 0 Å². The third-order valence-electron chi connectivity index (χ3n) is 0.946. The highest BCUT2D eigenvalue weighted by atomic mass is 35.5. The van der Waals surface area contributed by atoms with Crippen LogP contribution >= 0.6 is 0 Å². The fraction of sp³-hybridized carbons (Fsp3) is 0.400. The Hall–Kier alpha value is -0.540. The van der Waals surface area contributed by atoms with E-state index in [-0.39, 0.29) is 12.4 Å². The van der Waals surface area contributed by atoms with E-state index in [0.29, 0.717) is 0 Å². The van der Waals surface area contributed by atoms with Crippen molar-refractivity contribution in [3.63, 3.8) is 0 Å². The zero-order chi connectivity index (χ0) is 5.82. The van der Waals surface area contributed by atoms with E-state index in [1.807, 2.05) is 16.9 Å². The van der Waals surface area contributed by atoms with Crippen LogP contribution in [0.3, 0.4) is 0 Å². The van der Waals surface area contributed by atoms with E-state index in [1.165, 1.54) is 0 Å². The van der Waals surface area contributed by atoms with Gasteiger partial charge in [0.15, 0.2) is 0 Å². The van der Waals surface area contributed by atoms with Gasteiger partial charge in [-0.05, 0) is 6.07 Å². The van der Waals surface area contributed by atoms with Gasteiger partial charge in [0.1, 0.15) is 0 Å². The summed E-state index contributed by atoms with van der Waals surface area (Å²) in [5.74, 6) is 0. The summed E-state index contributed by atoms with van der Waals surface area (Å²) in [4.78, 5) is 0. The third kappa shape index (κ3) is 2.49. The van der Waals surface area contributed by atoms with E-state index in [1.54, 1.807) is 6.20 Å². The average Bonchev–Trinajstić information content (AvgIpc) is 2.19. The number of hydrogen-bond acceptors (Lipinski definition) is 1. The van der Waals surface area contributed by atoms with Crippen molar-refractivity contribution in [2.24, 2.45) is 0 Å². The van der Waals surface area contributed by atoms with Crippen molar-refractivity contribution in [3.05, 3.63) is 18.5 Å². The smallest absolute Gasteiger partial charge is 0.0939 e. The monoisotopic (exact) mass is 147 g/mol. The predicted octanol–water partition coefficient (Wildman–Crippen LogP) is -3.87. The van der Waals surface area contributed by atoms with Crippen LogP contribution in [0.5, 0.6) is 0 Å². The van der Waals surface area contributed by atoms with Gasteiger partial charge in [0, 0.05) is 12.4 Å². The van der Waals surface area contributed by atoms with Crippen molar-refractivity contribution < 1.29 is 18.1 Å². The highest BCUT2D eigenvalue weighted by Gasteiger charge is 1.84. The summed E-state index contributed by atoms with van der Waals surface area (Å²) in [5, 5.41) is 3.98. The minimum absolute atomic E-state index is 0. The van der Waals surface area contributed by atoms with Crippen LogP contribution in [0, 0.1) is 0 Å². The summed E-state index contributed by atoms with van der Waals surface area (Å²) in [6.07, 6.45) is 3.71. The molecule has 0 saturated heterocycles. The predicted molar refractivity (Wildman–Crippen MR) is 30.0 cm³/mol. The molecular formula is C5H10ClN3. The lowest BCUT2D eigenvalue weighted by Gasteiger charge is -1.91. The van der Waals surface area contributed by atoms with E-state index in [0.717, 1.165) is 13.1 Å². The molecule has 1 heterocycles. The van der Waals surface area contributed by atoms with Gasteiger partial charge >= 0.3 is 0 Å². The molecule has 0 spiro atoms. The Morgan fingerprint density at radius 3 is 2.78 bits per heavy atom. The standard InChI is InChI=1S/C5H9N3.ClH/c6-2-5-8-4-1-3-7-8;/h1,3-4H,2,5-6H2;1H. The van der Waals surface area contributed by atoms with E-state index < -0.39 is 0 Å². The Labute approximate surface area is 60.3 Å². The Balaban J connectivity index is 0.000000640. The molecule has 9 heavy (non-hydrogen) atoms. The normalized spacial score (nSPS) is 8.56. The quantitative estimate of drug-likeness (QED) is 0.457. The lowest BCUT2D eigenvalue weighted by atomic mass is 10.6. The first-order valence-electron chi connectivity index (χ1n) is 2.70. The molecule has 0 saturated carbocycles. The highest BCUT2D eigenvalue weighted by molar-refractivity contribution is 4.77. The van der Waals surface area contributed by atoms with E-state index >= 15 is 0 Å². The first-order valence-corrected chi connectivity index (χ1v) is 2.70. The van der Waals surface area contributed by atoms with Crippen LogP contribution < -0.4 is 18.1 Å². The molecule has 0 bridgehead atoms. The third-order valence-corrected chi connectivity index (χ3v) is 0.946. The largest absolute Gasteiger partial charge is 1.00 e. The van der Waals surface area contributed by atoms with Crippen LogP contribution in [-0.4, -0.2) is 16.3 Å². The second-order valence-electron chi connectivity index (χ2n) is 1.62. The lowest BCUT2D eigenvalue weighted by Crippen LogP contribution is -3.00. The van der Waals surface area contributed by atoms with Crippen LogP contribution in [0.15, 0.2) is 18.5 Å². The molecule has 1 rings (SSSR count). The zero-order valence-electron chi connectivity index (χ0n) is 5.13. The molecule has 3 N–H and O–H groups in total. The van der Waals surface area contributed by atoms with Gasteiger partial charge in [0.25, 0.3) is 0 Å². The van der Waals surface area contributed by atoms with E-state index in [2.05, 4.69) is 10.8 Å². The van der Waals surface area contributed by atoms with Gasteiger partial charge < -0.3 is 18.1 Å². The van der Waals surface area contributed by atoms with Crippen LogP contribution in [-0.2, 0) is 6.54 Å². The summed E-state index contributed by atoms with van der Waals surface area (Å²) >= 11 is 0. The van der Waals surface area contributed by atoms with Gasteiger partial charge in [-0.3, -0.25) is 4.68 Å². The molecule has 0 fully saturated rings. The summed E-state index contributed by atoms with van der Waals surface area (Å²) in [6, 6.07) is 1.91. The molecule has 3 nitrogen and oxygen atoms in total. The molecule has 0 atom stereocenters. The lowest BCUT2D eigenvalue weighted by molar-refractivity contribution is -0.370. The fourth-order valence-electron chi connectivity index (χ4n) is 0.595. The van der Waals surface area contributed by atoms with Crippen molar-refractivity contribution in [2.75, 3.05) is 6.54 Å². The van der Waals surface area contributed by atoms with Gasteiger partial charge in [0.05, 0.1) is 13.1 Å². The number of quaternary nitrogens is 1.